The van der Waals surface area contributed by atoms with E-state index in [1.54, 1.807) is 0 Å². The van der Waals surface area contributed by atoms with E-state index in [1.165, 1.54) is 11.1 Å². The number of carbonyl (C=O) groups is 1. The molecular weight excluding hydrogens is 287 g/mol. The molecule has 5 heteroatoms. The molecule has 1 atom stereocenters. The molecule has 1 unspecified atom stereocenters. The van der Waals surface area contributed by atoms with Crippen LogP contribution in [0.5, 0.6) is 0 Å². The van der Waals surface area contributed by atoms with Gasteiger partial charge in [0.2, 0.25) is 0 Å². The van der Waals surface area contributed by atoms with Crippen LogP contribution in [0.1, 0.15) is 43.2 Å². The van der Waals surface area contributed by atoms with Gasteiger partial charge in [0.05, 0.1) is 0 Å². The lowest BCUT2D eigenvalue weighted by Gasteiger charge is -2.48. The molecule has 1 heterocycles. The second-order valence-electron chi connectivity index (χ2n) is 7.30. The van der Waals surface area contributed by atoms with Gasteiger partial charge in [0.25, 0.3) is 0 Å². The molecule has 3 N–H and O–H groups in total. The Hall–Kier alpha value is -1.33. The average molecular weight is 314 g/mol. The lowest BCUT2D eigenvalue weighted by Crippen LogP contribution is -2.61. The maximum absolute atomic E-state index is 11.7. The predicted molar refractivity (Wildman–Crippen MR) is 94.0 cm³/mol. The minimum Gasteiger partial charge on any atom is -0.480 e. The number of benzene rings is 1. The summed E-state index contributed by atoms with van der Waals surface area (Å²) in [4.78, 5) is 14.2. The highest BCUT2D eigenvalue weighted by Crippen LogP contribution is 2.43. The van der Waals surface area contributed by atoms with Crippen LogP contribution in [0.15, 0.2) is 24.3 Å². The van der Waals surface area contributed by atoms with E-state index in [2.05, 4.69) is 37.0 Å². The first kappa shape index (κ1) is 16.5. The fourth-order valence-corrected chi connectivity index (χ4v) is 4.08. The largest absolute Gasteiger partial charge is 0.480 e. The lowest BCUT2D eigenvalue weighted by molar-refractivity contribution is -0.149. The minimum absolute atomic E-state index is 0.116. The second-order valence-corrected chi connectivity index (χ2v) is 7.30. The van der Waals surface area contributed by atoms with Gasteiger partial charge in [-0.1, -0.05) is 43.4 Å². The molecule has 0 bridgehead atoms. The van der Waals surface area contributed by atoms with E-state index in [-0.39, 0.29) is 5.92 Å². The first-order chi connectivity index (χ1) is 11.0. The molecule has 0 spiro atoms. The van der Waals surface area contributed by atoms with Crippen molar-refractivity contribution in [3.8, 4) is 0 Å². The molecule has 23 heavy (non-hydrogen) atoms. The van der Waals surface area contributed by atoms with Gasteiger partial charge in [-0.3, -0.25) is 9.69 Å². The van der Waals surface area contributed by atoms with E-state index >= 15 is 0 Å². The highest BCUT2D eigenvalue weighted by atomic mass is 16.4. The molecule has 2 aliphatic rings. The van der Waals surface area contributed by atoms with Crippen molar-refractivity contribution >= 4 is 13.8 Å². The third kappa shape index (κ3) is 3.17. The molecule has 1 aliphatic carbocycles. The summed E-state index contributed by atoms with van der Waals surface area (Å²) in [7, 11) is 2.13. The maximum Gasteiger partial charge on any atom is 0.323 e. The molecule has 0 radical (unpaired) electrons. The van der Waals surface area contributed by atoms with Gasteiger partial charge in [-0.15, -0.1) is 0 Å². The van der Waals surface area contributed by atoms with Crippen LogP contribution in [0.4, 0.5) is 0 Å². The van der Waals surface area contributed by atoms with E-state index in [1.807, 2.05) is 0 Å². The van der Waals surface area contributed by atoms with E-state index in [0.717, 1.165) is 45.1 Å². The Morgan fingerprint density at radius 1 is 1.26 bits per heavy atom. The second kappa shape index (κ2) is 6.66. The molecule has 0 amide bonds. The van der Waals surface area contributed by atoms with Crippen LogP contribution in [0.2, 0.25) is 6.32 Å². The van der Waals surface area contributed by atoms with Gasteiger partial charge in [0.1, 0.15) is 13.4 Å². The molecule has 124 valence electrons. The van der Waals surface area contributed by atoms with Crippen LogP contribution in [0, 0.1) is 5.92 Å². The van der Waals surface area contributed by atoms with Crippen LogP contribution < -0.4 is 5.73 Å². The Balaban J connectivity index is 1.56. The maximum atomic E-state index is 11.7. The highest BCUT2D eigenvalue weighted by Gasteiger charge is 2.49. The molecule has 1 saturated carbocycles. The van der Waals surface area contributed by atoms with Crippen molar-refractivity contribution in [2.75, 3.05) is 0 Å². The Morgan fingerprint density at radius 3 is 2.39 bits per heavy atom. The Labute approximate surface area is 139 Å². The van der Waals surface area contributed by atoms with Crippen LogP contribution >= 0.6 is 0 Å². The van der Waals surface area contributed by atoms with Gasteiger partial charge in [-0.25, -0.2) is 0 Å². The molecule has 1 aromatic rings. The van der Waals surface area contributed by atoms with Crippen molar-refractivity contribution < 1.29 is 9.90 Å². The fraction of sp³-hybridized carbons (Fsp3) is 0.611. The molecule has 1 fully saturated rings. The standard InChI is InChI=1S/C18H27BN2O2/c19-8-4-3-7-18(20,17(22)23)15-9-16(10-15)21-11-13-5-1-2-6-14(13)12-21/h1-2,5-6,15-16H,3-4,7-12,19-20H2,(H,22,23)/t15-,16+,18?. The SMILES string of the molecule is BCCCCC(N)(C(=O)O)[C@H]1C[C@@H](N2Cc3ccccc3C2)C1. The third-order valence-electron chi connectivity index (χ3n) is 5.82. The zero-order valence-corrected chi connectivity index (χ0v) is 14.0. The molecule has 0 saturated heterocycles. The summed E-state index contributed by atoms with van der Waals surface area (Å²) in [5.41, 5.74) is 8.11. The normalized spacial score (nSPS) is 26.3. The first-order valence-electron chi connectivity index (χ1n) is 8.87. The number of hydrogen-bond acceptors (Lipinski definition) is 3. The summed E-state index contributed by atoms with van der Waals surface area (Å²) in [6.07, 6.45) is 5.51. The highest BCUT2D eigenvalue weighted by molar-refractivity contribution is 6.08. The number of nitrogens with zero attached hydrogens (tertiary/aromatic N) is 1. The van der Waals surface area contributed by atoms with Gasteiger partial charge < -0.3 is 10.8 Å². The van der Waals surface area contributed by atoms with Crippen LogP contribution in [-0.2, 0) is 17.9 Å². The fourth-order valence-electron chi connectivity index (χ4n) is 4.08. The number of nitrogens with two attached hydrogens (primary N) is 1. The van der Waals surface area contributed by atoms with Gasteiger partial charge >= 0.3 is 5.97 Å². The van der Waals surface area contributed by atoms with Gasteiger partial charge in [0.15, 0.2) is 0 Å². The van der Waals surface area contributed by atoms with Crippen molar-refractivity contribution in [2.24, 2.45) is 11.7 Å². The molecule has 3 rings (SSSR count). The summed E-state index contributed by atoms with van der Waals surface area (Å²) in [5.74, 6) is -0.702. The van der Waals surface area contributed by atoms with Crippen LogP contribution in [0.3, 0.4) is 0 Å². The molecule has 4 nitrogen and oxygen atoms in total. The third-order valence-corrected chi connectivity index (χ3v) is 5.82. The summed E-state index contributed by atoms with van der Waals surface area (Å²) < 4.78 is 0. The van der Waals surface area contributed by atoms with Gasteiger partial charge in [-0.2, -0.15) is 0 Å². The summed E-state index contributed by atoms with van der Waals surface area (Å²) in [6.45, 7) is 1.99. The quantitative estimate of drug-likeness (QED) is 0.595. The van der Waals surface area contributed by atoms with Crippen molar-refractivity contribution in [2.45, 2.75) is 63.1 Å². The number of unbranched alkanes of at least 4 members (excludes halogenated alkanes) is 1. The smallest absolute Gasteiger partial charge is 0.323 e. The number of carboxylic acid groups (broad SMARTS) is 1. The number of carboxylic acids is 1. The zero-order valence-electron chi connectivity index (χ0n) is 14.0. The number of rotatable bonds is 7. The number of aliphatic carboxylic acids is 1. The molecule has 0 aromatic heterocycles. The molecule has 1 aliphatic heterocycles. The average Bonchev–Trinajstić information content (AvgIpc) is 2.89. The minimum atomic E-state index is -1.03. The first-order valence-corrected chi connectivity index (χ1v) is 8.87. The monoisotopic (exact) mass is 314 g/mol. The van der Waals surface area contributed by atoms with Gasteiger partial charge in [0, 0.05) is 19.1 Å². The van der Waals surface area contributed by atoms with Crippen molar-refractivity contribution in [1.29, 1.82) is 0 Å². The van der Waals surface area contributed by atoms with Crippen LogP contribution in [-0.4, -0.2) is 35.4 Å². The number of hydrogen-bond donors (Lipinski definition) is 2. The van der Waals surface area contributed by atoms with E-state index in [4.69, 9.17) is 5.73 Å². The summed E-state index contributed by atoms with van der Waals surface area (Å²) in [6, 6.07) is 9.06. The Morgan fingerprint density at radius 2 is 1.87 bits per heavy atom. The van der Waals surface area contributed by atoms with Crippen LogP contribution in [0.25, 0.3) is 0 Å². The summed E-state index contributed by atoms with van der Waals surface area (Å²) >= 11 is 0. The summed E-state index contributed by atoms with van der Waals surface area (Å²) in [5, 5.41) is 9.62. The lowest BCUT2D eigenvalue weighted by atomic mass is 9.66. The van der Waals surface area contributed by atoms with Gasteiger partial charge in [-0.05, 0) is 36.3 Å². The van der Waals surface area contributed by atoms with E-state index in [9.17, 15) is 9.90 Å². The van der Waals surface area contributed by atoms with E-state index in [0.29, 0.717) is 12.5 Å². The predicted octanol–water partition coefficient (Wildman–Crippen LogP) is 1.78. The molecule has 1 aromatic carbocycles. The van der Waals surface area contributed by atoms with Crippen molar-refractivity contribution in [3.63, 3.8) is 0 Å². The van der Waals surface area contributed by atoms with E-state index < -0.39 is 11.5 Å². The topological polar surface area (TPSA) is 66.6 Å². The Bertz CT molecular complexity index is 549. The molecular formula is C18H27BN2O2. The van der Waals surface area contributed by atoms with Crippen molar-refractivity contribution in [1.82, 2.24) is 4.90 Å². The number of fused-ring (bicyclic) bond motifs is 1. The zero-order chi connectivity index (χ0) is 16.4. The van der Waals surface area contributed by atoms with Crippen molar-refractivity contribution in [3.05, 3.63) is 35.4 Å². The Kier molecular flexibility index (Phi) is 4.78.